The maximum atomic E-state index is 13.3. The van der Waals surface area contributed by atoms with Crippen LogP contribution < -0.4 is 0 Å². The van der Waals surface area contributed by atoms with Crippen LogP contribution in [0.25, 0.3) is 0 Å². The fourth-order valence-corrected chi connectivity index (χ4v) is 5.64. The Morgan fingerprint density at radius 1 is 1.00 bits per heavy atom. The van der Waals surface area contributed by atoms with Gasteiger partial charge in [-0.05, 0) is 55.1 Å². The third kappa shape index (κ3) is 2.92. The zero-order valence-corrected chi connectivity index (χ0v) is 15.5. The van der Waals surface area contributed by atoms with Crippen molar-refractivity contribution in [2.45, 2.75) is 37.3 Å². The summed E-state index contributed by atoms with van der Waals surface area (Å²) in [7, 11) is 0. The van der Waals surface area contributed by atoms with Gasteiger partial charge in [0.05, 0.1) is 12.5 Å². The molecule has 0 unspecified atom stereocenters. The number of fused-ring (bicyclic) bond motifs is 2. The van der Waals surface area contributed by atoms with E-state index < -0.39 is 0 Å². The Morgan fingerprint density at radius 3 is 2.52 bits per heavy atom. The van der Waals surface area contributed by atoms with E-state index in [0.29, 0.717) is 30.3 Å². The Labute approximate surface area is 160 Å². The summed E-state index contributed by atoms with van der Waals surface area (Å²) in [6.07, 6.45) is 2.78. The Kier molecular flexibility index (Phi) is 4.16. The molecule has 4 fully saturated rings. The fourth-order valence-electron chi connectivity index (χ4n) is 5.64. The highest BCUT2D eigenvalue weighted by Crippen LogP contribution is 2.46. The number of nitrogens with zero attached hydrogens (tertiary/aromatic N) is 2. The van der Waals surface area contributed by atoms with Gasteiger partial charge in [0.15, 0.2) is 0 Å². The second-order valence-electron chi connectivity index (χ2n) is 8.26. The Hall–Kier alpha value is -2.33. The normalized spacial score (nSPS) is 31.7. The molecule has 3 atom stereocenters. The number of likely N-dealkylation sites (tertiary alicyclic amines) is 1. The van der Waals surface area contributed by atoms with E-state index in [1.807, 2.05) is 12.1 Å². The zero-order valence-electron chi connectivity index (χ0n) is 15.5. The lowest BCUT2D eigenvalue weighted by atomic mass is 9.75. The standard InChI is InChI=1S/C23H26N2O2/c26-19-8-4-5-16(13-19)14-21(27)25-15-20(17-6-2-1-3-7-17)23-22(25)18-9-11-24(23)12-10-18/h1-8,13,18,20,22-23,26H,9-12,14-15H2/t20-,22-,23-/m1/s1. The van der Waals surface area contributed by atoms with Gasteiger partial charge in [-0.3, -0.25) is 9.69 Å². The number of phenols is 1. The number of hydrogen-bond acceptors (Lipinski definition) is 3. The summed E-state index contributed by atoms with van der Waals surface area (Å²) in [6, 6.07) is 18.6. The summed E-state index contributed by atoms with van der Waals surface area (Å²) in [5.74, 6) is 1.45. The van der Waals surface area contributed by atoms with Crippen molar-refractivity contribution in [1.29, 1.82) is 0 Å². The average Bonchev–Trinajstić information content (AvgIpc) is 3.13. The van der Waals surface area contributed by atoms with Gasteiger partial charge in [0.1, 0.15) is 5.75 Å². The van der Waals surface area contributed by atoms with E-state index in [2.05, 4.69) is 40.1 Å². The smallest absolute Gasteiger partial charge is 0.227 e. The molecule has 4 nitrogen and oxygen atoms in total. The average molecular weight is 362 g/mol. The lowest BCUT2D eigenvalue weighted by Gasteiger charge is -2.51. The van der Waals surface area contributed by atoms with Gasteiger partial charge in [0.25, 0.3) is 0 Å². The highest BCUT2D eigenvalue weighted by molar-refractivity contribution is 5.80. The number of carbonyl (C=O) groups excluding carboxylic acids is 1. The molecule has 27 heavy (non-hydrogen) atoms. The summed E-state index contributed by atoms with van der Waals surface area (Å²) < 4.78 is 0. The minimum atomic E-state index is 0.197. The van der Waals surface area contributed by atoms with Crippen molar-refractivity contribution in [1.82, 2.24) is 9.80 Å². The molecule has 0 radical (unpaired) electrons. The number of phenolic OH excluding ortho intramolecular Hbond substituents is 1. The van der Waals surface area contributed by atoms with Gasteiger partial charge in [-0.25, -0.2) is 0 Å². The molecule has 140 valence electrons. The van der Waals surface area contributed by atoms with Crippen molar-refractivity contribution in [2.24, 2.45) is 5.92 Å². The van der Waals surface area contributed by atoms with Gasteiger partial charge in [-0.2, -0.15) is 0 Å². The van der Waals surface area contributed by atoms with Crippen LogP contribution in [0.1, 0.15) is 29.9 Å². The Balaban J connectivity index is 1.44. The first-order chi connectivity index (χ1) is 13.2. The Bertz CT molecular complexity index is 829. The van der Waals surface area contributed by atoms with Crippen LogP contribution in [-0.4, -0.2) is 52.5 Å². The minimum Gasteiger partial charge on any atom is -0.508 e. The van der Waals surface area contributed by atoms with Crippen molar-refractivity contribution in [2.75, 3.05) is 19.6 Å². The number of hydrogen-bond donors (Lipinski definition) is 1. The largest absolute Gasteiger partial charge is 0.508 e. The molecule has 2 aromatic carbocycles. The van der Waals surface area contributed by atoms with Crippen molar-refractivity contribution in [3.63, 3.8) is 0 Å². The van der Waals surface area contributed by atoms with Gasteiger partial charge < -0.3 is 10.0 Å². The van der Waals surface area contributed by atoms with E-state index in [1.165, 1.54) is 31.5 Å². The van der Waals surface area contributed by atoms with Crippen LogP contribution >= 0.6 is 0 Å². The molecule has 0 spiro atoms. The molecule has 4 saturated heterocycles. The van der Waals surface area contributed by atoms with Crippen LogP contribution in [0.15, 0.2) is 54.6 Å². The van der Waals surface area contributed by atoms with Crippen LogP contribution in [0.5, 0.6) is 5.75 Å². The van der Waals surface area contributed by atoms with Crippen molar-refractivity contribution in [3.05, 3.63) is 65.7 Å². The number of benzene rings is 2. The van der Waals surface area contributed by atoms with Gasteiger partial charge in [0.2, 0.25) is 5.91 Å². The molecule has 2 bridgehead atoms. The topological polar surface area (TPSA) is 43.8 Å². The third-order valence-electron chi connectivity index (χ3n) is 6.81. The van der Waals surface area contributed by atoms with E-state index in [1.54, 1.807) is 12.1 Å². The molecule has 0 aromatic heterocycles. The van der Waals surface area contributed by atoms with Crippen molar-refractivity contribution >= 4 is 5.91 Å². The number of piperidine rings is 3. The van der Waals surface area contributed by atoms with E-state index >= 15 is 0 Å². The highest BCUT2D eigenvalue weighted by atomic mass is 16.3. The number of amides is 1. The monoisotopic (exact) mass is 362 g/mol. The molecule has 4 aliphatic heterocycles. The summed E-state index contributed by atoms with van der Waals surface area (Å²) in [4.78, 5) is 18.1. The fraction of sp³-hybridized carbons (Fsp3) is 0.435. The summed E-state index contributed by atoms with van der Waals surface area (Å²) >= 11 is 0. The predicted molar refractivity (Wildman–Crippen MR) is 105 cm³/mol. The molecule has 4 heterocycles. The number of rotatable bonds is 3. The lowest BCUT2D eigenvalue weighted by Crippen LogP contribution is -2.60. The second kappa shape index (κ2) is 6.68. The molecule has 2 aromatic rings. The highest BCUT2D eigenvalue weighted by Gasteiger charge is 2.54. The van der Waals surface area contributed by atoms with Crippen LogP contribution in [-0.2, 0) is 11.2 Å². The van der Waals surface area contributed by atoms with Crippen molar-refractivity contribution in [3.8, 4) is 5.75 Å². The first-order valence-corrected chi connectivity index (χ1v) is 10.1. The van der Waals surface area contributed by atoms with E-state index in [0.717, 1.165) is 12.1 Å². The van der Waals surface area contributed by atoms with Gasteiger partial charge in [0, 0.05) is 18.5 Å². The van der Waals surface area contributed by atoms with E-state index in [9.17, 15) is 9.90 Å². The van der Waals surface area contributed by atoms with Crippen LogP contribution in [0, 0.1) is 5.92 Å². The predicted octanol–water partition coefficient (Wildman–Crippen LogP) is 3.02. The van der Waals surface area contributed by atoms with Crippen LogP contribution in [0.2, 0.25) is 0 Å². The Morgan fingerprint density at radius 2 is 1.78 bits per heavy atom. The van der Waals surface area contributed by atoms with Gasteiger partial charge in [-0.1, -0.05) is 42.5 Å². The van der Waals surface area contributed by atoms with Gasteiger partial charge in [-0.15, -0.1) is 0 Å². The maximum absolute atomic E-state index is 13.3. The molecule has 0 aliphatic carbocycles. The maximum Gasteiger partial charge on any atom is 0.227 e. The number of carbonyl (C=O) groups is 1. The molecular weight excluding hydrogens is 336 g/mol. The summed E-state index contributed by atoms with van der Waals surface area (Å²) in [5.41, 5.74) is 2.24. The minimum absolute atomic E-state index is 0.197. The first kappa shape index (κ1) is 16.8. The second-order valence-corrected chi connectivity index (χ2v) is 8.26. The molecule has 4 aliphatic rings. The van der Waals surface area contributed by atoms with Crippen LogP contribution in [0.3, 0.4) is 0 Å². The molecule has 1 N–H and O–H groups in total. The van der Waals surface area contributed by atoms with E-state index in [-0.39, 0.29) is 11.7 Å². The zero-order chi connectivity index (χ0) is 18.4. The summed E-state index contributed by atoms with van der Waals surface area (Å²) in [6.45, 7) is 3.15. The molecule has 0 saturated carbocycles. The third-order valence-corrected chi connectivity index (χ3v) is 6.81. The van der Waals surface area contributed by atoms with E-state index in [4.69, 9.17) is 0 Å². The molecule has 1 amide bonds. The molecule has 4 heteroatoms. The molecular formula is C23H26N2O2. The van der Waals surface area contributed by atoms with Crippen molar-refractivity contribution < 1.29 is 9.90 Å². The van der Waals surface area contributed by atoms with Gasteiger partial charge >= 0.3 is 0 Å². The summed E-state index contributed by atoms with van der Waals surface area (Å²) in [5, 5.41) is 9.72. The molecule has 6 rings (SSSR count). The lowest BCUT2D eigenvalue weighted by molar-refractivity contribution is -0.135. The quantitative estimate of drug-likeness (QED) is 0.913. The SMILES string of the molecule is O=C(Cc1cccc(O)c1)N1C[C@H](c2ccccc2)[C@@H]2[C@H]1C1CCN2CC1. The first-order valence-electron chi connectivity index (χ1n) is 10.1. The number of aromatic hydroxyl groups is 1. The van der Waals surface area contributed by atoms with Crippen LogP contribution in [0.4, 0.5) is 0 Å².